The fourth-order valence-corrected chi connectivity index (χ4v) is 3.39. The monoisotopic (exact) mass is 240 g/mol. The molecule has 0 aromatic heterocycles. The highest BCUT2D eigenvalue weighted by molar-refractivity contribution is 5.68. The van der Waals surface area contributed by atoms with Crippen LogP contribution in [0.15, 0.2) is 0 Å². The number of fused-ring (bicyclic) bond motifs is 1. The lowest BCUT2D eigenvalue weighted by Crippen LogP contribution is -2.56. The second kappa shape index (κ2) is 5.36. The fourth-order valence-electron chi connectivity index (χ4n) is 3.39. The number of hydrogen-bond acceptors (Lipinski definition) is 3. The van der Waals surface area contributed by atoms with E-state index >= 15 is 0 Å². The third-order valence-electron chi connectivity index (χ3n) is 4.24. The van der Waals surface area contributed by atoms with Gasteiger partial charge in [0.05, 0.1) is 6.42 Å². The predicted octanol–water partition coefficient (Wildman–Crippen LogP) is 1.46. The van der Waals surface area contributed by atoms with Crippen molar-refractivity contribution in [2.45, 2.75) is 57.0 Å². The molecule has 98 valence electrons. The maximum absolute atomic E-state index is 11.1. The molecule has 2 atom stereocenters. The van der Waals surface area contributed by atoms with Crippen molar-refractivity contribution >= 4 is 5.97 Å². The van der Waals surface area contributed by atoms with Gasteiger partial charge in [-0.1, -0.05) is 6.92 Å². The molecule has 0 radical (unpaired) electrons. The van der Waals surface area contributed by atoms with Crippen LogP contribution >= 0.6 is 0 Å². The first kappa shape index (κ1) is 12.8. The van der Waals surface area contributed by atoms with Crippen LogP contribution in [0.25, 0.3) is 0 Å². The van der Waals surface area contributed by atoms with Crippen molar-refractivity contribution in [3.05, 3.63) is 0 Å². The summed E-state index contributed by atoms with van der Waals surface area (Å²) in [5.41, 5.74) is -0.145. The molecule has 0 amide bonds. The Hall–Kier alpha value is -0.610. The van der Waals surface area contributed by atoms with Gasteiger partial charge in [-0.25, -0.2) is 0 Å². The van der Waals surface area contributed by atoms with E-state index in [-0.39, 0.29) is 12.0 Å². The molecule has 2 fully saturated rings. The Labute approximate surface area is 103 Å². The van der Waals surface area contributed by atoms with E-state index in [9.17, 15) is 4.79 Å². The highest BCUT2D eigenvalue weighted by atomic mass is 16.4. The van der Waals surface area contributed by atoms with Crippen LogP contribution < -0.4 is 5.32 Å². The van der Waals surface area contributed by atoms with E-state index in [4.69, 9.17) is 5.11 Å². The standard InChI is InChI=1S/C13H24N2O2/c1-2-6-14-13(10-12(16)17)5-8-15-7-3-4-11(15)9-13/h11,14H,2-10H2,1H3,(H,16,17). The number of carbonyl (C=O) groups is 1. The molecule has 0 saturated carbocycles. The third kappa shape index (κ3) is 2.99. The van der Waals surface area contributed by atoms with Gasteiger partial charge in [-0.3, -0.25) is 4.79 Å². The van der Waals surface area contributed by atoms with Gasteiger partial charge in [-0.05, 0) is 45.2 Å². The summed E-state index contributed by atoms with van der Waals surface area (Å²) in [5.74, 6) is -0.667. The highest BCUT2D eigenvalue weighted by Crippen LogP contribution is 2.35. The normalized spacial score (nSPS) is 33.6. The van der Waals surface area contributed by atoms with Crippen LogP contribution in [0.3, 0.4) is 0 Å². The Balaban J connectivity index is 2.02. The minimum absolute atomic E-state index is 0.145. The van der Waals surface area contributed by atoms with Gasteiger partial charge in [0.1, 0.15) is 0 Å². The van der Waals surface area contributed by atoms with Gasteiger partial charge >= 0.3 is 5.97 Å². The zero-order valence-corrected chi connectivity index (χ0v) is 10.7. The Bertz CT molecular complexity index is 283. The van der Waals surface area contributed by atoms with Crippen LogP contribution in [0.1, 0.15) is 45.4 Å². The molecule has 4 heteroatoms. The molecule has 17 heavy (non-hydrogen) atoms. The Morgan fingerprint density at radius 2 is 2.35 bits per heavy atom. The molecule has 2 heterocycles. The maximum atomic E-state index is 11.1. The lowest BCUT2D eigenvalue weighted by atomic mass is 9.80. The average molecular weight is 240 g/mol. The van der Waals surface area contributed by atoms with E-state index in [2.05, 4.69) is 17.1 Å². The summed E-state index contributed by atoms with van der Waals surface area (Å²) in [5, 5.41) is 12.6. The van der Waals surface area contributed by atoms with Crippen molar-refractivity contribution in [3.8, 4) is 0 Å². The first-order valence-corrected chi connectivity index (χ1v) is 6.86. The molecule has 2 aliphatic rings. The zero-order chi connectivity index (χ0) is 12.3. The summed E-state index contributed by atoms with van der Waals surface area (Å²) in [6, 6.07) is 0.618. The van der Waals surface area contributed by atoms with Crippen molar-refractivity contribution in [1.82, 2.24) is 10.2 Å². The molecular weight excluding hydrogens is 216 g/mol. The maximum Gasteiger partial charge on any atom is 0.305 e. The first-order valence-electron chi connectivity index (χ1n) is 6.86. The van der Waals surface area contributed by atoms with E-state index in [1.54, 1.807) is 0 Å². The van der Waals surface area contributed by atoms with Crippen molar-refractivity contribution in [2.75, 3.05) is 19.6 Å². The molecule has 4 nitrogen and oxygen atoms in total. The Morgan fingerprint density at radius 3 is 3.06 bits per heavy atom. The van der Waals surface area contributed by atoms with Gasteiger partial charge in [0.15, 0.2) is 0 Å². The van der Waals surface area contributed by atoms with Crippen molar-refractivity contribution in [3.63, 3.8) is 0 Å². The number of rotatable bonds is 5. The van der Waals surface area contributed by atoms with Gasteiger partial charge in [0, 0.05) is 18.1 Å². The van der Waals surface area contributed by atoms with Gasteiger partial charge in [0.2, 0.25) is 0 Å². The zero-order valence-electron chi connectivity index (χ0n) is 10.7. The van der Waals surface area contributed by atoms with Crippen molar-refractivity contribution in [2.24, 2.45) is 0 Å². The number of hydrogen-bond donors (Lipinski definition) is 2. The number of nitrogens with one attached hydrogen (secondary N) is 1. The predicted molar refractivity (Wildman–Crippen MR) is 67.1 cm³/mol. The lowest BCUT2D eigenvalue weighted by molar-refractivity contribution is -0.139. The van der Waals surface area contributed by atoms with Crippen LogP contribution in [0.5, 0.6) is 0 Å². The van der Waals surface area contributed by atoms with E-state index in [0.717, 1.165) is 32.4 Å². The van der Waals surface area contributed by atoms with E-state index in [0.29, 0.717) is 6.04 Å². The van der Waals surface area contributed by atoms with Gasteiger partial charge in [-0.2, -0.15) is 0 Å². The number of carboxylic acids is 1. The van der Waals surface area contributed by atoms with Gasteiger partial charge < -0.3 is 15.3 Å². The van der Waals surface area contributed by atoms with Gasteiger partial charge in [-0.15, -0.1) is 0 Å². The minimum atomic E-state index is -0.667. The van der Waals surface area contributed by atoms with Crippen LogP contribution in [-0.4, -0.2) is 47.2 Å². The lowest BCUT2D eigenvalue weighted by Gasteiger charge is -2.44. The topological polar surface area (TPSA) is 52.6 Å². The average Bonchev–Trinajstić information content (AvgIpc) is 2.72. The van der Waals surface area contributed by atoms with E-state index < -0.39 is 5.97 Å². The molecule has 0 bridgehead atoms. The van der Waals surface area contributed by atoms with Gasteiger partial charge in [0.25, 0.3) is 0 Å². The smallest absolute Gasteiger partial charge is 0.305 e. The molecule has 0 spiro atoms. The van der Waals surface area contributed by atoms with Crippen LogP contribution in [-0.2, 0) is 4.79 Å². The molecule has 0 aromatic carbocycles. The van der Waals surface area contributed by atoms with E-state index in [1.165, 1.54) is 19.4 Å². The molecule has 2 N–H and O–H groups in total. The molecular formula is C13H24N2O2. The quantitative estimate of drug-likeness (QED) is 0.764. The highest BCUT2D eigenvalue weighted by Gasteiger charge is 2.42. The summed E-state index contributed by atoms with van der Waals surface area (Å²) in [7, 11) is 0. The SMILES string of the molecule is CCCNC1(CC(=O)O)CCN2CCCC2C1. The molecule has 0 aliphatic carbocycles. The number of aliphatic carboxylic acids is 1. The van der Waals surface area contributed by atoms with Crippen LogP contribution in [0.4, 0.5) is 0 Å². The molecule has 2 saturated heterocycles. The Kier molecular flexibility index (Phi) is 4.05. The van der Waals surface area contributed by atoms with Crippen LogP contribution in [0.2, 0.25) is 0 Å². The molecule has 2 rings (SSSR count). The summed E-state index contributed by atoms with van der Waals surface area (Å²) < 4.78 is 0. The second-order valence-corrected chi connectivity index (χ2v) is 5.56. The minimum Gasteiger partial charge on any atom is -0.481 e. The number of piperidine rings is 1. The van der Waals surface area contributed by atoms with Crippen molar-refractivity contribution in [1.29, 1.82) is 0 Å². The fraction of sp³-hybridized carbons (Fsp3) is 0.923. The van der Waals surface area contributed by atoms with Crippen molar-refractivity contribution < 1.29 is 9.90 Å². The summed E-state index contributed by atoms with van der Waals surface area (Å²) in [6.45, 7) is 5.34. The van der Waals surface area contributed by atoms with Crippen LogP contribution in [0, 0.1) is 0 Å². The summed E-state index contributed by atoms with van der Waals surface area (Å²) in [4.78, 5) is 13.6. The summed E-state index contributed by atoms with van der Waals surface area (Å²) in [6.07, 6.45) is 5.86. The summed E-state index contributed by atoms with van der Waals surface area (Å²) >= 11 is 0. The Morgan fingerprint density at radius 1 is 1.53 bits per heavy atom. The van der Waals surface area contributed by atoms with E-state index in [1.807, 2.05) is 0 Å². The number of carboxylic acid groups (broad SMARTS) is 1. The number of nitrogens with zero attached hydrogens (tertiary/aromatic N) is 1. The largest absolute Gasteiger partial charge is 0.481 e. The molecule has 2 aliphatic heterocycles. The second-order valence-electron chi connectivity index (χ2n) is 5.56. The first-order chi connectivity index (χ1) is 8.15. The molecule has 0 aromatic rings. The molecule has 2 unspecified atom stereocenters. The third-order valence-corrected chi connectivity index (χ3v) is 4.24.